The van der Waals surface area contributed by atoms with Gasteiger partial charge in [-0.15, -0.1) is 0 Å². The number of aromatic nitrogens is 2. The Balaban J connectivity index is 1.46. The molecule has 0 radical (unpaired) electrons. The molecule has 5 nitrogen and oxygen atoms in total. The summed E-state index contributed by atoms with van der Waals surface area (Å²) in [5.41, 5.74) is 13.5. The molecule has 2 N–H and O–H groups in total. The van der Waals surface area contributed by atoms with Crippen molar-refractivity contribution in [3.05, 3.63) is 84.2 Å². The van der Waals surface area contributed by atoms with E-state index in [2.05, 4.69) is 65.6 Å². The van der Waals surface area contributed by atoms with Gasteiger partial charge in [-0.1, -0.05) is 54.6 Å². The molecule has 174 valence electrons. The first-order chi connectivity index (χ1) is 16.8. The summed E-state index contributed by atoms with van der Waals surface area (Å²) in [6.45, 7) is 5.48. The number of nitrogens with two attached hydrogens (primary N) is 1. The van der Waals surface area contributed by atoms with Crippen molar-refractivity contribution in [1.82, 2.24) is 14.9 Å². The average Bonchev–Trinajstić information content (AvgIpc) is 2.91. The van der Waals surface area contributed by atoms with Crippen LogP contribution in [-0.2, 0) is 17.7 Å². The zero-order chi connectivity index (χ0) is 23.2. The van der Waals surface area contributed by atoms with E-state index in [4.69, 9.17) is 20.4 Å². The van der Waals surface area contributed by atoms with Crippen LogP contribution in [0.3, 0.4) is 0 Å². The van der Waals surface area contributed by atoms with Gasteiger partial charge in [-0.25, -0.2) is 4.98 Å². The number of unbranched alkanes of at least 4 members (excludes halogenated alkanes) is 1. The molecule has 2 aromatic heterocycles. The topological polar surface area (TPSA) is 64.3 Å². The fraction of sp³-hybridized carbons (Fsp3) is 0.310. The summed E-state index contributed by atoms with van der Waals surface area (Å²) >= 11 is 0. The lowest BCUT2D eigenvalue weighted by molar-refractivity contribution is 0.0372. The standard InChI is InChI=1S/C29H32N4O/c30-21-22-9-11-24(12-10-22)29-25(23-6-2-1-3-7-23)20-26-27(31-14-13-28(26)32-29)8-4-5-15-33-16-18-34-19-17-33/h1-3,6-7,9-14,20H,4-5,8,15-19,21,30H2. The number of rotatable bonds is 8. The monoisotopic (exact) mass is 452 g/mol. The normalized spacial score (nSPS) is 14.5. The van der Waals surface area contributed by atoms with E-state index in [0.29, 0.717) is 6.54 Å². The van der Waals surface area contributed by atoms with Crippen molar-refractivity contribution in [3.8, 4) is 22.4 Å². The lowest BCUT2D eigenvalue weighted by atomic mass is 9.96. The largest absolute Gasteiger partial charge is 0.379 e. The predicted octanol–water partition coefficient (Wildman–Crippen LogP) is 5.08. The van der Waals surface area contributed by atoms with Crippen LogP contribution in [0.4, 0.5) is 0 Å². The molecule has 5 rings (SSSR count). The molecule has 0 unspecified atom stereocenters. The Labute approximate surface area is 201 Å². The number of benzene rings is 2. The maximum Gasteiger partial charge on any atom is 0.0788 e. The van der Waals surface area contributed by atoms with E-state index in [9.17, 15) is 0 Å². The minimum Gasteiger partial charge on any atom is -0.379 e. The second-order valence-corrected chi connectivity index (χ2v) is 8.89. The summed E-state index contributed by atoms with van der Waals surface area (Å²) in [4.78, 5) is 12.4. The van der Waals surface area contributed by atoms with E-state index < -0.39 is 0 Å². The first-order valence-electron chi connectivity index (χ1n) is 12.3. The molecule has 1 saturated heterocycles. The number of aryl methyl sites for hydroxylation is 1. The van der Waals surface area contributed by atoms with Crippen LogP contribution in [0.5, 0.6) is 0 Å². The molecule has 1 fully saturated rings. The Hall–Kier alpha value is -3.12. The number of hydrogen-bond donors (Lipinski definition) is 1. The van der Waals surface area contributed by atoms with Gasteiger partial charge in [0, 0.05) is 48.0 Å². The molecule has 4 aromatic rings. The third kappa shape index (κ3) is 5.17. The summed E-state index contributed by atoms with van der Waals surface area (Å²) < 4.78 is 5.46. The number of fused-ring (bicyclic) bond motifs is 1. The molecule has 1 aliphatic rings. The van der Waals surface area contributed by atoms with E-state index in [1.54, 1.807) is 0 Å². The molecule has 0 aliphatic carbocycles. The van der Waals surface area contributed by atoms with Gasteiger partial charge in [0.25, 0.3) is 0 Å². The highest BCUT2D eigenvalue weighted by molar-refractivity contribution is 5.92. The van der Waals surface area contributed by atoms with Crippen LogP contribution in [0.2, 0.25) is 0 Å². The second kappa shape index (κ2) is 10.9. The molecular weight excluding hydrogens is 420 g/mol. The SMILES string of the molecule is NCc1ccc(-c2nc3ccnc(CCCCN4CCOCC4)c3cc2-c2ccccc2)cc1. The lowest BCUT2D eigenvalue weighted by Crippen LogP contribution is -2.36. The van der Waals surface area contributed by atoms with Gasteiger partial charge in [0.1, 0.15) is 0 Å². The maximum absolute atomic E-state index is 5.81. The van der Waals surface area contributed by atoms with Crippen LogP contribution < -0.4 is 5.73 Å². The van der Waals surface area contributed by atoms with Crippen molar-refractivity contribution in [2.24, 2.45) is 5.73 Å². The molecule has 34 heavy (non-hydrogen) atoms. The van der Waals surface area contributed by atoms with Gasteiger partial charge in [0.15, 0.2) is 0 Å². The molecule has 5 heteroatoms. The quantitative estimate of drug-likeness (QED) is 0.378. The van der Waals surface area contributed by atoms with E-state index in [-0.39, 0.29) is 0 Å². The van der Waals surface area contributed by atoms with Gasteiger partial charge in [0.05, 0.1) is 24.4 Å². The fourth-order valence-corrected chi connectivity index (χ4v) is 4.66. The fourth-order valence-electron chi connectivity index (χ4n) is 4.66. The Morgan fingerprint density at radius 3 is 2.44 bits per heavy atom. The Morgan fingerprint density at radius 2 is 1.68 bits per heavy atom. The van der Waals surface area contributed by atoms with Gasteiger partial charge >= 0.3 is 0 Å². The van der Waals surface area contributed by atoms with Crippen molar-refractivity contribution in [2.45, 2.75) is 25.8 Å². The van der Waals surface area contributed by atoms with Crippen molar-refractivity contribution in [3.63, 3.8) is 0 Å². The molecule has 0 amide bonds. The van der Waals surface area contributed by atoms with Crippen LogP contribution in [-0.4, -0.2) is 47.7 Å². The van der Waals surface area contributed by atoms with E-state index in [1.807, 2.05) is 12.3 Å². The summed E-state index contributed by atoms with van der Waals surface area (Å²) in [5, 5.41) is 1.15. The third-order valence-corrected chi connectivity index (χ3v) is 6.62. The highest BCUT2D eigenvalue weighted by atomic mass is 16.5. The molecule has 0 spiro atoms. The number of pyridine rings is 2. The van der Waals surface area contributed by atoms with Gasteiger partial charge in [-0.3, -0.25) is 9.88 Å². The summed E-state index contributed by atoms with van der Waals surface area (Å²) in [6.07, 6.45) is 5.15. The number of ether oxygens (including phenoxy) is 1. The van der Waals surface area contributed by atoms with Gasteiger partial charge in [0.2, 0.25) is 0 Å². The van der Waals surface area contributed by atoms with Crippen molar-refractivity contribution < 1.29 is 4.74 Å². The highest BCUT2D eigenvalue weighted by Crippen LogP contribution is 2.34. The Morgan fingerprint density at radius 1 is 0.882 bits per heavy atom. The van der Waals surface area contributed by atoms with Crippen molar-refractivity contribution >= 4 is 10.9 Å². The molecule has 3 heterocycles. The number of nitrogens with zero attached hydrogens (tertiary/aromatic N) is 3. The van der Waals surface area contributed by atoms with Crippen LogP contribution in [0.15, 0.2) is 72.9 Å². The third-order valence-electron chi connectivity index (χ3n) is 6.62. The van der Waals surface area contributed by atoms with Crippen LogP contribution in [0.25, 0.3) is 33.3 Å². The van der Waals surface area contributed by atoms with E-state index >= 15 is 0 Å². The minimum absolute atomic E-state index is 0.539. The lowest BCUT2D eigenvalue weighted by Gasteiger charge is -2.26. The van der Waals surface area contributed by atoms with E-state index in [0.717, 1.165) is 90.2 Å². The van der Waals surface area contributed by atoms with Crippen LogP contribution in [0, 0.1) is 0 Å². The van der Waals surface area contributed by atoms with Crippen molar-refractivity contribution in [2.75, 3.05) is 32.8 Å². The predicted molar refractivity (Wildman–Crippen MR) is 138 cm³/mol. The highest BCUT2D eigenvalue weighted by Gasteiger charge is 2.14. The molecule has 0 atom stereocenters. The Bertz CT molecular complexity index is 1220. The minimum atomic E-state index is 0.539. The molecule has 2 aromatic carbocycles. The molecular formula is C29H32N4O. The van der Waals surface area contributed by atoms with Crippen LogP contribution in [0.1, 0.15) is 24.1 Å². The van der Waals surface area contributed by atoms with Gasteiger partial charge < -0.3 is 10.5 Å². The zero-order valence-electron chi connectivity index (χ0n) is 19.6. The smallest absolute Gasteiger partial charge is 0.0788 e. The van der Waals surface area contributed by atoms with Crippen molar-refractivity contribution in [1.29, 1.82) is 0 Å². The second-order valence-electron chi connectivity index (χ2n) is 8.89. The maximum atomic E-state index is 5.81. The summed E-state index contributed by atoms with van der Waals surface area (Å²) in [6, 6.07) is 23.2. The molecule has 1 aliphatic heterocycles. The van der Waals surface area contributed by atoms with E-state index in [1.165, 1.54) is 6.42 Å². The molecule has 0 bridgehead atoms. The summed E-state index contributed by atoms with van der Waals surface area (Å²) in [5.74, 6) is 0. The zero-order valence-corrected chi connectivity index (χ0v) is 19.6. The molecule has 0 saturated carbocycles. The first-order valence-corrected chi connectivity index (χ1v) is 12.3. The summed E-state index contributed by atoms with van der Waals surface area (Å²) in [7, 11) is 0. The Kier molecular flexibility index (Phi) is 7.25. The number of hydrogen-bond acceptors (Lipinski definition) is 5. The van der Waals surface area contributed by atoms with Gasteiger partial charge in [-0.2, -0.15) is 0 Å². The average molecular weight is 453 g/mol. The van der Waals surface area contributed by atoms with Gasteiger partial charge in [-0.05, 0) is 49.1 Å². The first kappa shape index (κ1) is 22.7. The van der Waals surface area contributed by atoms with Crippen LogP contribution >= 0.6 is 0 Å². The number of morpholine rings is 1.